The van der Waals surface area contributed by atoms with Crippen LogP contribution in [-0.2, 0) is 6.42 Å². The van der Waals surface area contributed by atoms with Gasteiger partial charge in [-0.15, -0.1) is 0 Å². The van der Waals surface area contributed by atoms with Gasteiger partial charge in [-0.1, -0.05) is 23.7 Å². The van der Waals surface area contributed by atoms with Gasteiger partial charge < -0.3 is 10.4 Å². The van der Waals surface area contributed by atoms with Crippen molar-refractivity contribution >= 4 is 28.6 Å². The maximum Gasteiger partial charge on any atom is 0.405 e. The Bertz CT molecular complexity index is 1350. The number of rotatable bonds is 5. The molecule has 3 aromatic carbocycles. The van der Waals surface area contributed by atoms with E-state index in [4.69, 9.17) is 11.6 Å². The number of nitrogens with one attached hydrogen (secondary N) is 1. The molecule has 32 heavy (non-hydrogen) atoms. The summed E-state index contributed by atoms with van der Waals surface area (Å²) < 4.78 is 28.7. The van der Waals surface area contributed by atoms with Gasteiger partial charge in [0.05, 0.1) is 22.6 Å². The predicted molar refractivity (Wildman–Crippen MR) is 116 cm³/mol. The molecule has 0 saturated carbocycles. The van der Waals surface area contributed by atoms with Crippen LogP contribution in [0.25, 0.3) is 16.6 Å². The summed E-state index contributed by atoms with van der Waals surface area (Å²) in [5, 5.41) is 12.5. The third-order valence-electron chi connectivity index (χ3n) is 4.86. The summed E-state index contributed by atoms with van der Waals surface area (Å²) in [6.45, 7) is 0. The summed E-state index contributed by atoms with van der Waals surface area (Å²) >= 11 is 5.98. The molecule has 4 aromatic rings. The first-order chi connectivity index (χ1) is 15.3. The van der Waals surface area contributed by atoms with Gasteiger partial charge in [-0.05, 0) is 54.1 Å². The number of nitrogens with zero attached hydrogens (tertiary/aromatic N) is 2. The standard InChI is InChI=1S/C23H16ClF2N3O3/c24-14-5-7-17(8-6-14)29-21(27-19-4-2-1-3-18(19)22(29)30)20(28-23(31)32)11-13-9-15(25)12-16(26)10-13/h1-10,12,20,28H,11H2,(H,31,32). The molecule has 1 amide bonds. The van der Waals surface area contributed by atoms with Crippen molar-refractivity contribution in [3.63, 3.8) is 0 Å². The minimum absolute atomic E-state index is 0.0723. The maximum absolute atomic E-state index is 13.7. The fraction of sp³-hybridized carbons (Fsp3) is 0.0870. The van der Waals surface area contributed by atoms with Gasteiger partial charge >= 0.3 is 6.09 Å². The van der Waals surface area contributed by atoms with Crippen LogP contribution in [0.1, 0.15) is 17.4 Å². The molecule has 4 rings (SSSR count). The first-order valence-electron chi connectivity index (χ1n) is 9.54. The lowest BCUT2D eigenvalue weighted by atomic mass is 10.0. The van der Waals surface area contributed by atoms with Crippen LogP contribution in [0, 0.1) is 11.6 Å². The summed E-state index contributed by atoms with van der Waals surface area (Å²) in [6, 6.07) is 14.9. The van der Waals surface area contributed by atoms with Crippen LogP contribution in [0.2, 0.25) is 5.02 Å². The van der Waals surface area contributed by atoms with Gasteiger partial charge in [0.2, 0.25) is 0 Å². The molecule has 9 heteroatoms. The molecule has 0 aliphatic carbocycles. The van der Waals surface area contributed by atoms with Crippen LogP contribution in [0.4, 0.5) is 13.6 Å². The Kier molecular flexibility index (Phi) is 5.87. The van der Waals surface area contributed by atoms with Crippen molar-refractivity contribution in [1.82, 2.24) is 14.9 Å². The molecule has 0 bridgehead atoms. The predicted octanol–water partition coefficient (Wildman–Crippen LogP) is 4.87. The van der Waals surface area contributed by atoms with Crippen molar-refractivity contribution in [2.24, 2.45) is 0 Å². The lowest BCUT2D eigenvalue weighted by molar-refractivity contribution is 0.189. The number of halogens is 3. The van der Waals surface area contributed by atoms with Crippen molar-refractivity contribution in [3.05, 3.63) is 105 Å². The van der Waals surface area contributed by atoms with Gasteiger partial charge in [0, 0.05) is 17.5 Å². The van der Waals surface area contributed by atoms with Gasteiger partial charge in [0.1, 0.15) is 17.5 Å². The van der Waals surface area contributed by atoms with E-state index in [-0.39, 0.29) is 17.8 Å². The van der Waals surface area contributed by atoms with E-state index in [1.807, 2.05) is 0 Å². The van der Waals surface area contributed by atoms with Gasteiger partial charge in [0.25, 0.3) is 5.56 Å². The Morgan fingerprint density at radius 2 is 1.72 bits per heavy atom. The summed E-state index contributed by atoms with van der Waals surface area (Å²) in [4.78, 5) is 29.5. The van der Waals surface area contributed by atoms with Gasteiger partial charge in [-0.3, -0.25) is 9.36 Å². The summed E-state index contributed by atoms with van der Waals surface area (Å²) in [6.07, 6.45) is -1.52. The normalized spacial score (nSPS) is 12.0. The number of amides is 1. The Morgan fingerprint density at radius 1 is 1.06 bits per heavy atom. The second-order valence-electron chi connectivity index (χ2n) is 7.09. The highest BCUT2D eigenvalue weighted by Crippen LogP contribution is 2.23. The third kappa shape index (κ3) is 4.45. The van der Waals surface area contributed by atoms with Crippen LogP contribution in [0.15, 0.2) is 71.5 Å². The fourth-order valence-corrected chi connectivity index (χ4v) is 3.67. The monoisotopic (exact) mass is 455 g/mol. The molecular weight excluding hydrogens is 440 g/mol. The molecule has 0 fully saturated rings. The number of carboxylic acid groups (broad SMARTS) is 1. The maximum atomic E-state index is 13.7. The second kappa shape index (κ2) is 8.76. The Morgan fingerprint density at radius 3 is 2.38 bits per heavy atom. The molecule has 0 saturated heterocycles. The largest absolute Gasteiger partial charge is 0.465 e. The number of hydrogen-bond donors (Lipinski definition) is 2. The molecular formula is C23H16ClF2N3O3. The Labute approximate surface area is 185 Å². The van der Waals surface area contributed by atoms with Crippen LogP contribution in [-0.4, -0.2) is 20.8 Å². The number of fused-ring (bicyclic) bond motifs is 1. The number of carbonyl (C=O) groups is 1. The topological polar surface area (TPSA) is 84.2 Å². The third-order valence-corrected chi connectivity index (χ3v) is 5.11. The molecule has 1 heterocycles. The van der Waals surface area contributed by atoms with Crippen molar-refractivity contribution in [3.8, 4) is 5.69 Å². The van der Waals surface area contributed by atoms with E-state index in [2.05, 4.69) is 10.3 Å². The fourth-order valence-electron chi connectivity index (χ4n) is 3.54. The number of benzene rings is 3. The highest BCUT2D eigenvalue weighted by atomic mass is 35.5. The van der Waals surface area contributed by atoms with Crippen molar-refractivity contribution in [2.45, 2.75) is 12.5 Å². The quantitative estimate of drug-likeness (QED) is 0.449. The first kappa shape index (κ1) is 21.5. The molecule has 0 aliphatic heterocycles. The summed E-state index contributed by atoms with van der Waals surface area (Å²) in [7, 11) is 0. The Hall–Kier alpha value is -3.78. The van der Waals surface area contributed by atoms with Gasteiger partial charge in [-0.25, -0.2) is 18.6 Å². The molecule has 1 atom stereocenters. The zero-order valence-corrected chi connectivity index (χ0v) is 17.2. The van der Waals surface area contributed by atoms with Gasteiger partial charge in [-0.2, -0.15) is 0 Å². The average molecular weight is 456 g/mol. The molecule has 1 unspecified atom stereocenters. The second-order valence-corrected chi connectivity index (χ2v) is 7.52. The molecule has 162 valence electrons. The lowest BCUT2D eigenvalue weighted by Gasteiger charge is -2.22. The number of para-hydroxylation sites is 1. The summed E-state index contributed by atoms with van der Waals surface area (Å²) in [5.41, 5.74) is 0.553. The van der Waals surface area contributed by atoms with Crippen LogP contribution < -0.4 is 10.9 Å². The van der Waals surface area contributed by atoms with Crippen molar-refractivity contribution in [2.75, 3.05) is 0 Å². The zero-order valence-electron chi connectivity index (χ0n) is 16.4. The van der Waals surface area contributed by atoms with E-state index in [9.17, 15) is 23.5 Å². The molecule has 0 radical (unpaired) electrons. The summed E-state index contributed by atoms with van der Waals surface area (Å²) in [5.74, 6) is -1.52. The van der Waals surface area contributed by atoms with Crippen LogP contribution in [0.3, 0.4) is 0 Å². The number of aromatic nitrogens is 2. The minimum Gasteiger partial charge on any atom is -0.465 e. The van der Waals surface area contributed by atoms with Gasteiger partial charge in [0.15, 0.2) is 0 Å². The number of hydrogen-bond acceptors (Lipinski definition) is 3. The minimum atomic E-state index is -1.38. The lowest BCUT2D eigenvalue weighted by Crippen LogP contribution is -2.35. The highest BCUT2D eigenvalue weighted by molar-refractivity contribution is 6.30. The van der Waals surface area contributed by atoms with E-state index >= 15 is 0 Å². The van der Waals surface area contributed by atoms with Crippen LogP contribution in [0.5, 0.6) is 0 Å². The van der Waals surface area contributed by atoms with Crippen molar-refractivity contribution < 1.29 is 18.7 Å². The Balaban J connectivity index is 1.95. The van der Waals surface area contributed by atoms with E-state index in [0.717, 1.165) is 18.2 Å². The van der Waals surface area contributed by atoms with E-state index < -0.39 is 29.3 Å². The SMILES string of the molecule is O=C(O)NC(Cc1cc(F)cc(F)c1)c1nc2ccccc2c(=O)n1-c1ccc(Cl)cc1. The molecule has 2 N–H and O–H groups in total. The smallest absolute Gasteiger partial charge is 0.405 e. The molecule has 0 aliphatic rings. The highest BCUT2D eigenvalue weighted by Gasteiger charge is 2.24. The van der Waals surface area contributed by atoms with E-state index in [1.54, 1.807) is 48.5 Å². The molecule has 6 nitrogen and oxygen atoms in total. The van der Waals surface area contributed by atoms with E-state index in [1.165, 1.54) is 4.57 Å². The average Bonchev–Trinajstić information content (AvgIpc) is 2.73. The van der Waals surface area contributed by atoms with Crippen molar-refractivity contribution in [1.29, 1.82) is 0 Å². The molecule has 1 aromatic heterocycles. The van der Waals surface area contributed by atoms with Crippen LogP contribution >= 0.6 is 11.6 Å². The van der Waals surface area contributed by atoms with E-state index in [0.29, 0.717) is 21.6 Å². The first-order valence-corrected chi connectivity index (χ1v) is 9.91. The molecule has 0 spiro atoms. The zero-order chi connectivity index (χ0) is 22.8.